The van der Waals surface area contributed by atoms with Gasteiger partial charge in [-0.3, -0.25) is 0 Å². The van der Waals surface area contributed by atoms with Crippen LogP contribution in [0.1, 0.15) is 30.7 Å². The molecule has 1 saturated carbocycles. The van der Waals surface area contributed by atoms with Crippen LogP contribution in [0.4, 0.5) is 16.3 Å². The molecule has 0 aliphatic heterocycles. The zero-order valence-electron chi connectivity index (χ0n) is 17.9. The molecule has 2 heterocycles. The summed E-state index contributed by atoms with van der Waals surface area (Å²) in [6.45, 7) is 1.76. The second-order valence-electron chi connectivity index (χ2n) is 7.79. The van der Waals surface area contributed by atoms with Crippen molar-refractivity contribution >= 4 is 38.7 Å². The van der Waals surface area contributed by atoms with Crippen LogP contribution >= 0.6 is 11.3 Å². The number of aliphatic hydroxyl groups excluding tert-OH is 1. The van der Waals surface area contributed by atoms with Crippen molar-refractivity contribution in [1.29, 1.82) is 0 Å². The number of rotatable bonds is 7. The minimum atomic E-state index is -3.75. The van der Waals surface area contributed by atoms with Gasteiger partial charge >= 0.3 is 6.03 Å². The number of amides is 2. The lowest BCUT2D eigenvalue weighted by molar-refractivity contribution is 0.245. The first-order chi connectivity index (χ1) is 15.7. The molecular formula is C21H24N6O4S2. The number of benzene rings is 1. The van der Waals surface area contributed by atoms with Crippen LogP contribution in [0.25, 0.3) is 11.4 Å². The van der Waals surface area contributed by atoms with Crippen LogP contribution in [0.3, 0.4) is 0 Å². The van der Waals surface area contributed by atoms with E-state index in [1.807, 2.05) is 0 Å². The van der Waals surface area contributed by atoms with E-state index in [2.05, 4.69) is 25.6 Å². The number of nitrogens with zero attached hydrogens (tertiary/aromatic N) is 3. The van der Waals surface area contributed by atoms with Gasteiger partial charge in [-0.2, -0.15) is 0 Å². The van der Waals surface area contributed by atoms with Crippen LogP contribution in [-0.4, -0.2) is 47.7 Å². The molecule has 33 heavy (non-hydrogen) atoms. The number of urea groups is 1. The number of aryl methyl sites for hydroxylation is 1. The number of carbonyl (C=O) groups is 1. The molecule has 2 amide bonds. The predicted molar refractivity (Wildman–Crippen MR) is 126 cm³/mol. The van der Waals surface area contributed by atoms with Crippen molar-refractivity contribution < 1.29 is 18.3 Å². The van der Waals surface area contributed by atoms with Crippen LogP contribution in [0.15, 0.2) is 40.1 Å². The second-order valence-corrected chi connectivity index (χ2v) is 11.1. The molecule has 1 aromatic carbocycles. The van der Waals surface area contributed by atoms with Gasteiger partial charge in [0.05, 0.1) is 12.3 Å². The molecule has 10 nitrogen and oxygen atoms in total. The Morgan fingerprint density at radius 1 is 1.21 bits per heavy atom. The quantitative estimate of drug-likeness (QED) is 0.394. The number of thiazole rings is 1. The molecular weight excluding hydrogens is 464 g/mol. The fourth-order valence-corrected chi connectivity index (χ4v) is 7.11. The Balaban J connectivity index is 1.65. The summed E-state index contributed by atoms with van der Waals surface area (Å²) in [6, 6.07) is 7.87. The van der Waals surface area contributed by atoms with Crippen LogP contribution in [0.5, 0.6) is 0 Å². The molecule has 0 saturated heterocycles. The average molecular weight is 489 g/mol. The van der Waals surface area contributed by atoms with E-state index < -0.39 is 20.6 Å². The monoisotopic (exact) mass is 488 g/mol. The molecule has 12 heteroatoms. The topological polar surface area (TPSA) is 160 Å². The Bertz CT molecular complexity index is 1270. The molecule has 0 spiro atoms. The van der Waals surface area contributed by atoms with Gasteiger partial charge in [-0.05, 0) is 50.5 Å². The molecule has 5 N–H and O–H groups in total. The van der Waals surface area contributed by atoms with Crippen molar-refractivity contribution in [2.24, 2.45) is 0 Å². The SMILES string of the molecule is Cc1csc(S(=O)(=O)C2(c3cc(N)nc(-c4ccc(NC(=O)NCCO)cc4)n3)CCC2)n1. The van der Waals surface area contributed by atoms with Crippen molar-refractivity contribution in [2.45, 2.75) is 35.3 Å². The van der Waals surface area contributed by atoms with Gasteiger partial charge in [-0.1, -0.05) is 0 Å². The summed E-state index contributed by atoms with van der Waals surface area (Å²) >= 11 is 1.12. The van der Waals surface area contributed by atoms with Gasteiger partial charge in [-0.25, -0.2) is 28.2 Å². The lowest BCUT2D eigenvalue weighted by Crippen LogP contribution is -2.43. The highest BCUT2D eigenvalue weighted by atomic mass is 32.2. The average Bonchev–Trinajstić information content (AvgIpc) is 3.18. The number of nitrogens with two attached hydrogens (primary N) is 1. The van der Waals surface area contributed by atoms with E-state index in [0.29, 0.717) is 41.3 Å². The fourth-order valence-electron chi connectivity index (χ4n) is 3.66. The minimum Gasteiger partial charge on any atom is -0.395 e. The van der Waals surface area contributed by atoms with E-state index in [1.165, 1.54) is 6.07 Å². The van der Waals surface area contributed by atoms with Crippen molar-refractivity contribution in [3.8, 4) is 11.4 Å². The van der Waals surface area contributed by atoms with E-state index in [4.69, 9.17) is 10.8 Å². The number of aromatic nitrogens is 3. The van der Waals surface area contributed by atoms with Crippen molar-refractivity contribution in [3.63, 3.8) is 0 Å². The van der Waals surface area contributed by atoms with E-state index in [-0.39, 0.29) is 23.3 Å². The number of hydrogen-bond acceptors (Lipinski definition) is 9. The Morgan fingerprint density at radius 3 is 2.52 bits per heavy atom. The Kier molecular flexibility index (Phi) is 6.32. The molecule has 1 aliphatic carbocycles. The van der Waals surface area contributed by atoms with E-state index in [9.17, 15) is 13.2 Å². The number of nitrogen functional groups attached to an aromatic ring is 1. The first-order valence-electron chi connectivity index (χ1n) is 10.3. The minimum absolute atomic E-state index is 0.0911. The Morgan fingerprint density at radius 2 is 1.94 bits per heavy atom. The van der Waals surface area contributed by atoms with E-state index in [0.717, 1.165) is 17.8 Å². The largest absolute Gasteiger partial charge is 0.395 e. The first kappa shape index (κ1) is 23.1. The second kappa shape index (κ2) is 9.04. The van der Waals surface area contributed by atoms with Gasteiger partial charge in [0.25, 0.3) is 0 Å². The summed E-state index contributed by atoms with van der Waals surface area (Å²) in [6.07, 6.45) is 1.65. The zero-order valence-corrected chi connectivity index (χ0v) is 19.5. The lowest BCUT2D eigenvalue weighted by Gasteiger charge is -2.39. The lowest BCUT2D eigenvalue weighted by atomic mass is 9.81. The summed E-state index contributed by atoms with van der Waals surface area (Å²) in [7, 11) is -3.75. The Labute approximate surface area is 195 Å². The molecule has 3 aromatic rings. The number of hydrogen-bond donors (Lipinski definition) is 4. The van der Waals surface area contributed by atoms with Crippen LogP contribution in [0, 0.1) is 6.92 Å². The summed E-state index contributed by atoms with van der Waals surface area (Å²) in [5.74, 6) is 0.482. The van der Waals surface area contributed by atoms with Crippen molar-refractivity contribution in [3.05, 3.63) is 47.1 Å². The van der Waals surface area contributed by atoms with Crippen LogP contribution in [-0.2, 0) is 14.6 Å². The van der Waals surface area contributed by atoms with Gasteiger partial charge in [0, 0.05) is 34.9 Å². The molecule has 0 unspecified atom stereocenters. The van der Waals surface area contributed by atoms with Crippen LogP contribution in [0.2, 0.25) is 0 Å². The molecule has 2 aromatic heterocycles. The Hall–Kier alpha value is -3.09. The van der Waals surface area contributed by atoms with Gasteiger partial charge in [0.2, 0.25) is 14.2 Å². The fraction of sp³-hybridized carbons (Fsp3) is 0.333. The highest BCUT2D eigenvalue weighted by Crippen LogP contribution is 2.51. The molecule has 0 bridgehead atoms. The zero-order chi connectivity index (χ0) is 23.6. The van der Waals surface area contributed by atoms with Gasteiger partial charge in [0.15, 0.2) is 5.82 Å². The summed E-state index contributed by atoms with van der Waals surface area (Å²) < 4.78 is 26.0. The third-order valence-electron chi connectivity index (χ3n) is 5.51. The highest BCUT2D eigenvalue weighted by molar-refractivity contribution is 7.94. The normalized spacial score (nSPS) is 15.0. The maximum absolute atomic E-state index is 13.5. The third-order valence-corrected chi connectivity index (χ3v) is 9.41. The third kappa shape index (κ3) is 4.41. The number of aliphatic hydroxyl groups is 1. The molecule has 0 radical (unpaired) electrons. The summed E-state index contributed by atoms with van der Waals surface area (Å²) in [5.41, 5.74) is 8.25. The van der Waals surface area contributed by atoms with Crippen molar-refractivity contribution in [1.82, 2.24) is 20.3 Å². The van der Waals surface area contributed by atoms with Crippen molar-refractivity contribution in [2.75, 3.05) is 24.2 Å². The smallest absolute Gasteiger partial charge is 0.319 e. The summed E-state index contributed by atoms with van der Waals surface area (Å²) in [5, 5.41) is 15.6. The van der Waals surface area contributed by atoms with Crippen LogP contribution < -0.4 is 16.4 Å². The molecule has 1 fully saturated rings. The maximum Gasteiger partial charge on any atom is 0.319 e. The van der Waals surface area contributed by atoms with E-state index in [1.54, 1.807) is 36.6 Å². The highest BCUT2D eigenvalue weighted by Gasteiger charge is 2.53. The summed E-state index contributed by atoms with van der Waals surface area (Å²) in [4.78, 5) is 24.9. The number of sulfone groups is 1. The molecule has 4 rings (SSSR count). The van der Waals surface area contributed by atoms with Gasteiger partial charge < -0.3 is 21.5 Å². The molecule has 1 aliphatic rings. The standard InChI is InChI=1S/C21H24N6O4S2/c1-13-12-32-20(24-13)33(30,31)21(7-2-8-21)16-11-17(22)27-18(26-16)14-3-5-15(6-4-14)25-19(29)23-9-10-28/h3-6,11-12,28H,2,7-10H2,1H3,(H2,22,26,27)(H2,23,25,29). The number of nitrogens with one attached hydrogen (secondary N) is 2. The maximum atomic E-state index is 13.5. The van der Waals surface area contributed by atoms with Gasteiger partial charge in [-0.15, -0.1) is 11.3 Å². The predicted octanol–water partition coefficient (Wildman–Crippen LogP) is 2.46. The molecule has 0 atom stereocenters. The number of carbonyl (C=O) groups excluding carboxylic acids is 1. The van der Waals surface area contributed by atoms with E-state index >= 15 is 0 Å². The molecule has 174 valence electrons. The first-order valence-corrected chi connectivity index (χ1v) is 12.7. The van der Waals surface area contributed by atoms with Gasteiger partial charge in [0.1, 0.15) is 10.6 Å². The number of anilines is 2.